The molecule has 0 amide bonds. The topological polar surface area (TPSA) is 46.6 Å². The summed E-state index contributed by atoms with van der Waals surface area (Å²) in [6.07, 6.45) is 0. The van der Waals surface area contributed by atoms with Gasteiger partial charge in [0.05, 0.1) is 5.69 Å². The van der Waals surface area contributed by atoms with E-state index in [-0.39, 0.29) is 18.2 Å². The molecular formula is C16H18FNO3S. The highest BCUT2D eigenvalue weighted by Crippen LogP contribution is 2.18. The molecule has 0 atom stereocenters. The second-order valence-electron chi connectivity index (χ2n) is 4.92. The second-order valence-corrected chi connectivity index (χ2v) is 7.04. The van der Waals surface area contributed by atoms with E-state index in [9.17, 15) is 12.8 Å². The number of ether oxygens (including phenoxy) is 1. The van der Waals surface area contributed by atoms with Crippen LogP contribution in [-0.2, 0) is 10.0 Å². The Morgan fingerprint density at radius 3 is 2.45 bits per heavy atom. The van der Waals surface area contributed by atoms with E-state index >= 15 is 0 Å². The van der Waals surface area contributed by atoms with E-state index in [0.29, 0.717) is 11.4 Å². The van der Waals surface area contributed by atoms with E-state index in [0.717, 1.165) is 5.56 Å². The monoisotopic (exact) mass is 323 g/mol. The summed E-state index contributed by atoms with van der Waals surface area (Å²) in [5.41, 5.74) is 1.60. The van der Waals surface area contributed by atoms with Crippen LogP contribution in [0.15, 0.2) is 48.5 Å². The number of benzene rings is 2. The zero-order valence-corrected chi connectivity index (χ0v) is 13.3. The van der Waals surface area contributed by atoms with Gasteiger partial charge >= 0.3 is 0 Å². The van der Waals surface area contributed by atoms with Crippen molar-refractivity contribution in [3.05, 3.63) is 59.9 Å². The van der Waals surface area contributed by atoms with E-state index in [1.54, 1.807) is 12.1 Å². The standard InChI is InChI=1S/C16H18FNO3S/c1-13-4-3-5-15(12-13)18(2)22(19,20)11-10-21-16-8-6-14(17)7-9-16/h3-9,12H,10-11H2,1-2H3. The van der Waals surface area contributed by atoms with E-state index in [2.05, 4.69) is 0 Å². The van der Waals surface area contributed by atoms with E-state index < -0.39 is 10.0 Å². The molecule has 0 bridgehead atoms. The molecule has 2 aromatic rings. The molecule has 118 valence electrons. The Morgan fingerprint density at radius 2 is 1.82 bits per heavy atom. The summed E-state index contributed by atoms with van der Waals surface area (Å²) < 4.78 is 43.9. The summed E-state index contributed by atoms with van der Waals surface area (Å²) in [6.45, 7) is 1.91. The van der Waals surface area contributed by atoms with Crippen LogP contribution < -0.4 is 9.04 Å². The number of hydrogen-bond donors (Lipinski definition) is 0. The molecule has 0 aliphatic rings. The van der Waals surface area contributed by atoms with Gasteiger partial charge in [-0.3, -0.25) is 4.31 Å². The smallest absolute Gasteiger partial charge is 0.238 e. The third kappa shape index (κ3) is 4.21. The van der Waals surface area contributed by atoms with Crippen LogP contribution in [0, 0.1) is 12.7 Å². The van der Waals surface area contributed by atoms with Gasteiger partial charge in [0.25, 0.3) is 0 Å². The zero-order valence-electron chi connectivity index (χ0n) is 12.5. The number of hydrogen-bond acceptors (Lipinski definition) is 3. The van der Waals surface area contributed by atoms with Crippen LogP contribution in [0.1, 0.15) is 5.56 Å². The molecule has 0 N–H and O–H groups in total. The van der Waals surface area contributed by atoms with Gasteiger partial charge in [0, 0.05) is 7.05 Å². The van der Waals surface area contributed by atoms with Crippen LogP contribution in [0.5, 0.6) is 5.75 Å². The van der Waals surface area contributed by atoms with Crippen LogP contribution >= 0.6 is 0 Å². The molecule has 0 radical (unpaired) electrons. The molecule has 0 saturated carbocycles. The van der Waals surface area contributed by atoms with Crippen molar-refractivity contribution in [3.8, 4) is 5.75 Å². The van der Waals surface area contributed by atoms with Gasteiger partial charge in [-0.2, -0.15) is 0 Å². The van der Waals surface area contributed by atoms with Gasteiger partial charge in [0.15, 0.2) is 0 Å². The Kier molecular flexibility index (Phi) is 5.03. The summed E-state index contributed by atoms with van der Waals surface area (Å²) in [5, 5.41) is 0. The maximum Gasteiger partial charge on any atom is 0.238 e. The molecule has 0 aromatic heterocycles. The fourth-order valence-electron chi connectivity index (χ4n) is 1.92. The van der Waals surface area contributed by atoms with Gasteiger partial charge in [-0.15, -0.1) is 0 Å². The number of anilines is 1. The SMILES string of the molecule is Cc1cccc(N(C)S(=O)(=O)CCOc2ccc(F)cc2)c1. The molecule has 4 nitrogen and oxygen atoms in total. The Labute approximate surface area is 130 Å². The average Bonchev–Trinajstić information content (AvgIpc) is 2.48. The first-order chi connectivity index (χ1) is 10.4. The molecule has 0 spiro atoms. The van der Waals surface area contributed by atoms with E-state index in [1.807, 2.05) is 19.1 Å². The molecule has 0 saturated heterocycles. The van der Waals surface area contributed by atoms with Crippen molar-refractivity contribution in [2.45, 2.75) is 6.92 Å². The number of aryl methyl sites for hydroxylation is 1. The van der Waals surface area contributed by atoms with Crippen LogP contribution in [0.4, 0.5) is 10.1 Å². The minimum atomic E-state index is -3.47. The van der Waals surface area contributed by atoms with Crippen LogP contribution in [0.2, 0.25) is 0 Å². The first kappa shape index (κ1) is 16.3. The maximum absolute atomic E-state index is 12.8. The summed E-state index contributed by atoms with van der Waals surface area (Å²) >= 11 is 0. The van der Waals surface area contributed by atoms with Crippen molar-refractivity contribution in [2.24, 2.45) is 0 Å². The Hall–Kier alpha value is -2.08. The van der Waals surface area contributed by atoms with Gasteiger partial charge in [-0.25, -0.2) is 12.8 Å². The van der Waals surface area contributed by atoms with Crippen molar-refractivity contribution in [1.82, 2.24) is 0 Å². The number of nitrogens with zero attached hydrogens (tertiary/aromatic N) is 1. The average molecular weight is 323 g/mol. The number of sulfonamides is 1. The van der Waals surface area contributed by atoms with E-state index in [1.165, 1.54) is 35.6 Å². The minimum Gasteiger partial charge on any atom is -0.492 e. The predicted molar refractivity (Wildman–Crippen MR) is 85.3 cm³/mol. The van der Waals surface area contributed by atoms with Crippen molar-refractivity contribution in [1.29, 1.82) is 0 Å². The van der Waals surface area contributed by atoms with Crippen molar-refractivity contribution >= 4 is 15.7 Å². The van der Waals surface area contributed by atoms with Gasteiger partial charge < -0.3 is 4.74 Å². The van der Waals surface area contributed by atoms with Crippen molar-refractivity contribution in [2.75, 3.05) is 23.7 Å². The molecule has 0 unspecified atom stereocenters. The van der Waals surface area contributed by atoms with Crippen LogP contribution in [0.25, 0.3) is 0 Å². The van der Waals surface area contributed by atoms with Crippen LogP contribution in [0.3, 0.4) is 0 Å². The molecular weight excluding hydrogens is 305 g/mol. The summed E-state index contributed by atoms with van der Waals surface area (Å²) in [7, 11) is -1.96. The maximum atomic E-state index is 12.8. The quantitative estimate of drug-likeness (QED) is 0.821. The fourth-order valence-corrected chi connectivity index (χ4v) is 2.92. The highest BCUT2D eigenvalue weighted by molar-refractivity contribution is 7.92. The first-order valence-corrected chi connectivity index (χ1v) is 8.41. The largest absolute Gasteiger partial charge is 0.492 e. The minimum absolute atomic E-state index is 0.00409. The van der Waals surface area contributed by atoms with E-state index in [4.69, 9.17) is 4.74 Å². The van der Waals surface area contributed by atoms with Crippen molar-refractivity contribution in [3.63, 3.8) is 0 Å². The van der Waals surface area contributed by atoms with Gasteiger partial charge in [-0.05, 0) is 48.9 Å². The van der Waals surface area contributed by atoms with Crippen molar-refractivity contribution < 1.29 is 17.5 Å². The molecule has 0 fully saturated rings. The predicted octanol–water partition coefficient (Wildman–Crippen LogP) is 2.98. The Balaban J connectivity index is 1.97. The summed E-state index contributed by atoms with van der Waals surface area (Å²) in [4.78, 5) is 0. The highest BCUT2D eigenvalue weighted by atomic mass is 32.2. The Morgan fingerprint density at radius 1 is 1.14 bits per heavy atom. The van der Waals surface area contributed by atoms with Gasteiger partial charge in [-0.1, -0.05) is 12.1 Å². The molecule has 0 aliphatic carbocycles. The fraction of sp³-hybridized carbons (Fsp3) is 0.250. The molecule has 0 aliphatic heterocycles. The number of halogens is 1. The molecule has 2 rings (SSSR count). The highest BCUT2D eigenvalue weighted by Gasteiger charge is 2.18. The lowest BCUT2D eigenvalue weighted by Gasteiger charge is -2.20. The Bertz CT molecular complexity index is 729. The van der Waals surface area contributed by atoms with Gasteiger partial charge in [0.2, 0.25) is 10.0 Å². The zero-order chi connectivity index (χ0) is 16.2. The lowest BCUT2D eigenvalue weighted by Crippen LogP contribution is -2.31. The molecule has 22 heavy (non-hydrogen) atoms. The first-order valence-electron chi connectivity index (χ1n) is 6.80. The normalized spacial score (nSPS) is 11.2. The lowest BCUT2D eigenvalue weighted by atomic mass is 10.2. The molecule has 0 heterocycles. The van der Waals surface area contributed by atoms with Crippen LogP contribution in [-0.4, -0.2) is 27.8 Å². The molecule has 2 aromatic carbocycles. The lowest BCUT2D eigenvalue weighted by molar-refractivity contribution is 0.340. The third-order valence-corrected chi connectivity index (χ3v) is 4.93. The van der Waals surface area contributed by atoms with Gasteiger partial charge in [0.1, 0.15) is 23.9 Å². The third-order valence-electron chi connectivity index (χ3n) is 3.21. The molecule has 6 heteroatoms. The number of rotatable bonds is 6. The summed E-state index contributed by atoms with van der Waals surface area (Å²) in [5.74, 6) is -0.0802. The summed E-state index contributed by atoms with van der Waals surface area (Å²) in [6, 6.07) is 12.7. The second kappa shape index (κ2) is 6.79.